The van der Waals surface area contributed by atoms with E-state index < -0.39 is 23.8 Å². The Labute approximate surface area is 319 Å². The van der Waals surface area contributed by atoms with E-state index in [0.717, 1.165) is 75.9 Å². The van der Waals surface area contributed by atoms with E-state index in [2.05, 4.69) is 38.1 Å². The van der Waals surface area contributed by atoms with Crippen molar-refractivity contribution < 1.29 is 27.6 Å². The number of nitrogens with zero attached hydrogens (tertiary/aromatic N) is 5. The van der Waals surface area contributed by atoms with Crippen LogP contribution < -0.4 is 20.9 Å². The van der Waals surface area contributed by atoms with Crippen molar-refractivity contribution in [3.63, 3.8) is 0 Å². The molecule has 3 saturated heterocycles. The molecule has 2 aromatic carbocycles. The van der Waals surface area contributed by atoms with Crippen molar-refractivity contribution in [2.45, 2.75) is 94.8 Å². The molecule has 2 aromatic heterocycles. The summed E-state index contributed by atoms with van der Waals surface area (Å²) in [6.45, 7) is 3.29. The Morgan fingerprint density at radius 3 is 2.55 bits per heavy atom. The summed E-state index contributed by atoms with van der Waals surface area (Å²) in [6, 6.07) is 12.7. The molecule has 292 valence electrons. The highest BCUT2D eigenvalue weighted by atomic mass is 19.1. The van der Waals surface area contributed by atoms with E-state index in [4.69, 9.17) is 4.98 Å². The number of halogens is 3. The third-order valence-electron chi connectivity index (χ3n) is 11.2. The van der Waals surface area contributed by atoms with Gasteiger partial charge in [-0.1, -0.05) is 31.4 Å². The first-order valence-corrected chi connectivity index (χ1v) is 19.6. The molecule has 0 aliphatic carbocycles. The first-order chi connectivity index (χ1) is 26.7. The van der Waals surface area contributed by atoms with Crippen molar-refractivity contribution in [2.24, 2.45) is 0 Å². The number of anilines is 2. The topological polar surface area (TPSA) is 124 Å². The second kappa shape index (κ2) is 17.7. The van der Waals surface area contributed by atoms with Crippen LogP contribution in [0.3, 0.4) is 0 Å². The van der Waals surface area contributed by atoms with Gasteiger partial charge in [0.05, 0.1) is 12.2 Å². The van der Waals surface area contributed by atoms with Gasteiger partial charge in [0.15, 0.2) is 5.65 Å². The number of hydrogen-bond acceptors (Lipinski definition) is 8. The molecule has 3 amide bonds. The SMILES string of the molecule is O=C1CCC(Nc2ccc(C3CCN(CC(F)CCCCCCNC(=O)c4cnn5ccc(N6CCCC6c6cc(F)ccc6F)nc45)CC3)cc2)C(=O)N1. The van der Waals surface area contributed by atoms with Gasteiger partial charge < -0.3 is 20.4 Å². The minimum absolute atomic E-state index is 0.227. The van der Waals surface area contributed by atoms with Crippen LogP contribution in [-0.2, 0) is 9.59 Å². The van der Waals surface area contributed by atoms with Crippen LogP contribution in [0.2, 0.25) is 0 Å². The highest BCUT2D eigenvalue weighted by Crippen LogP contribution is 2.37. The molecule has 3 aliphatic heterocycles. The second-order valence-electron chi connectivity index (χ2n) is 15.0. The van der Waals surface area contributed by atoms with Crippen LogP contribution in [0.15, 0.2) is 60.9 Å². The molecule has 3 unspecified atom stereocenters. The summed E-state index contributed by atoms with van der Waals surface area (Å²) in [5.41, 5.74) is 3.14. The third-order valence-corrected chi connectivity index (χ3v) is 11.2. The van der Waals surface area contributed by atoms with E-state index in [9.17, 15) is 27.6 Å². The lowest BCUT2D eigenvalue weighted by Gasteiger charge is -2.33. The number of likely N-dealkylation sites (tertiary alicyclic amines) is 1. The molecule has 55 heavy (non-hydrogen) atoms. The van der Waals surface area contributed by atoms with E-state index in [1.807, 2.05) is 17.0 Å². The molecule has 0 radical (unpaired) electrons. The van der Waals surface area contributed by atoms with Crippen LogP contribution in [-0.4, -0.2) is 82.2 Å². The summed E-state index contributed by atoms with van der Waals surface area (Å²) in [5.74, 6) is -0.728. The van der Waals surface area contributed by atoms with Gasteiger partial charge in [0.1, 0.15) is 35.2 Å². The number of nitrogens with one attached hydrogen (secondary N) is 3. The summed E-state index contributed by atoms with van der Waals surface area (Å²) in [5, 5.41) is 12.8. The number of alkyl halides is 1. The van der Waals surface area contributed by atoms with E-state index in [0.29, 0.717) is 73.8 Å². The third kappa shape index (κ3) is 9.46. The van der Waals surface area contributed by atoms with E-state index in [1.54, 1.807) is 12.3 Å². The molecule has 11 nitrogen and oxygen atoms in total. The van der Waals surface area contributed by atoms with E-state index in [-0.39, 0.29) is 23.8 Å². The molecule has 3 atom stereocenters. The largest absolute Gasteiger partial charge is 0.374 e. The molecule has 3 fully saturated rings. The first-order valence-electron chi connectivity index (χ1n) is 19.6. The van der Waals surface area contributed by atoms with Gasteiger partial charge in [-0.05, 0) is 106 Å². The molecule has 0 bridgehead atoms. The van der Waals surface area contributed by atoms with Crippen molar-refractivity contribution >= 4 is 34.9 Å². The average molecular weight is 759 g/mol. The summed E-state index contributed by atoms with van der Waals surface area (Å²) in [4.78, 5) is 45.4. The lowest BCUT2D eigenvalue weighted by Crippen LogP contribution is -2.47. The number of amides is 3. The zero-order valence-corrected chi connectivity index (χ0v) is 31.0. The maximum absolute atomic E-state index is 14.9. The van der Waals surface area contributed by atoms with E-state index >= 15 is 0 Å². The predicted octanol–water partition coefficient (Wildman–Crippen LogP) is 6.46. The van der Waals surface area contributed by atoms with Gasteiger partial charge in [-0.25, -0.2) is 22.7 Å². The number of aromatic nitrogens is 3. The Kier molecular flexibility index (Phi) is 12.3. The van der Waals surface area contributed by atoms with Crippen LogP contribution in [0.4, 0.5) is 24.7 Å². The Morgan fingerprint density at radius 1 is 0.945 bits per heavy atom. The van der Waals surface area contributed by atoms with Gasteiger partial charge >= 0.3 is 0 Å². The quantitative estimate of drug-likeness (QED) is 0.0933. The number of rotatable bonds is 15. The Bertz CT molecular complexity index is 1970. The van der Waals surface area contributed by atoms with Gasteiger partial charge in [0.25, 0.3) is 5.91 Å². The molecule has 7 rings (SSSR count). The van der Waals surface area contributed by atoms with Crippen LogP contribution in [0.25, 0.3) is 5.65 Å². The molecule has 14 heteroatoms. The number of unbranched alkanes of at least 4 members (excludes halogenated alkanes) is 3. The maximum Gasteiger partial charge on any atom is 0.256 e. The van der Waals surface area contributed by atoms with Crippen LogP contribution in [0, 0.1) is 11.6 Å². The number of fused-ring (bicyclic) bond motifs is 1. The monoisotopic (exact) mass is 758 g/mol. The Hall–Kier alpha value is -4.98. The summed E-state index contributed by atoms with van der Waals surface area (Å²) < 4.78 is 45.1. The molecule has 0 saturated carbocycles. The van der Waals surface area contributed by atoms with Gasteiger partial charge in [0.2, 0.25) is 11.8 Å². The first kappa shape index (κ1) is 38.3. The van der Waals surface area contributed by atoms with Crippen LogP contribution in [0.1, 0.15) is 104 Å². The fraction of sp³-hybridized carbons (Fsp3) is 0.488. The van der Waals surface area contributed by atoms with Crippen LogP contribution >= 0.6 is 0 Å². The predicted molar refractivity (Wildman–Crippen MR) is 204 cm³/mol. The zero-order chi connectivity index (χ0) is 38.3. The minimum atomic E-state index is -0.870. The molecule has 5 heterocycles. The van der Waals surface area contributed by atoms with Crippen molar-refractivity contribution in [2.75, 3.05) is 42.9 Å². The highest BCUT2D eigenvalue weighted by Gasteiger charge is 2.31. The standard InChI is InChI=1S/C41H49F3N8O3/c42-29-10-13-34(44)32(24-29)36-7-5-20-51(36)37-18-23-52-39(48-37)33(25-46-52)40(54)45-19-4-2-1-3-6-30(43)26-50-21-16-28(17-22-50)27-8-11-31(12-9-27)47-35-14-15-38(53)49-41(35)55/h8-13,18,23-25,28,30,35-36,47H,1-7,14-17,19-22,26H2,(H,45,54)(H,49,53,55). The van der Waals surface area contributed by atoms with E-state index in [1.165, 1.54) is 22.3 Å². The molecule has 3 aliphatic rings. The Balaban J connectivity index is 0.783. The number of carbonyl (C=O) groups excluding carboxylic acids is 3. The smallest absolute Gasteiger partial charge is 0.256 e. The van der Waals surface area contributed by atoms with Gasteiger partial charge in [-0.3, -0.25) is 19.7 Å². The molecule has 3 N–H and O–H groups in total. The summed E-state index contributed by atoms with van der Waals surface area (Å²) in [7, 11) is 0. The molecular formula is C41H49F3N8O3. The van der Waals surface area contributed by atoms with Crippen molar-refractivity contribution in [1.82, 2.24) is 30.1 Å². The number of hydrogen-bond donors (Lipinski definition) is 3. The lowest BCUT2D eigenvalue weighted by atomic mass is 9.89. The summed E-state index contributed by atoms with van der Waals surface area (Å²) >= 11 is 0. The number of piperidine rings is 2. The molecular weight excluding hydrogens is 709 g/mol. The molecule has 0 spiro atoms. The van der Waals surface area contributed by atoms with Gasteiger partial charge in [-0.15, -0.1) is 0 Å². The van der Waals surface area contributed by atoms with Gasteiger partial charge in [-0.2, -0.15) is 5.10 Å². The minimum Gasteiger partial charge on any atom is -0.374 e. The van der Waals surface area contributed by atoms with Gasteiger partial charge in [0, 0.05) is 43.5 Å². The zero-order valence-electron chi connectivity index (χ0n) is 31.0. The number of imide groups is 1. The Morgan fingerprint density at radius 2 is 1.75 bits per heavy atom. The fourth-order valence-electron chi connectivity index (χ4n) is 8.16. The van der Waals surface area contributed by atoms with Crippen molar-refractivity contribution in [3.8, 4) is 0 Å². The van der Waals surface area contributed by atoms with Crippen LogP contribution in [0.5, 0.6) is 0 Å². The second-order valence-corrected chi connectivity index (χ2v) is 15.0. The normalized spacial score (nSPS) is 20.2. The number of benzene rings is 2. The summed E-state index contributed by atoms with van der Waals surface area (Å²) in [6.07, 6.45) is 10.4. The van der Waals surface area contributed by atoms with Crippen molar-refractivity contribution in [3.05, 3.63) is 89.2 Å². The highest BCUT2D eigenvalue weighted by molar-refractivity contribution is 6.01. The lowest BCUT2D eigenvalue weighted by molar-refractivity contribution is -0.133. The average Bonchev–Trinajstić information content (AvgIpc) is 3.85. The number of carbonyl (C=O) groups is 3. The maximum atomic E-state index is 14.9. The van der Waals surface area contributed by atoms with Crippen molar-refractivity contribution in [1.29, 1.82) is 0 Å². The molecule has 4 aromatic rings. The fourth-order valence-corrected chi connectivity index (χ4v) is 8.16.